The van der Waals surface area contributed by atoms with E-state index in [-0.39, 0.29) is 22.4 Å². The Kier molecular flexibility index (Phi) is 3.92. The van der Waals surface area contributed by atoms with Crippen LogP contribution in [0.3, 0.4) is 0 Å². The van der Waals surface area contributed by atoms with Crippen LogP contribution in [0.4, 0.5) is 0 Å². The van der Waals surface area contributed by atoms with E-state index in [4.69, 9.17) is 11.6 Å². The van der Waals surface area contributed by atoms with Crippen molar-refractivity contribution in [2.24, 2.45) is 5.41 Å². The molecule has 0 spiro atoms. The van der Waals surface area contributed by atoms with Crippen molar-refractivity contribution >= 4 is 22.5 Å². The standard InChI is InChI=1S/C16H21ClN2O/c1-10(17)14-18-13-9-7-6-8-12(13)15(20)19(14)11(2)16(3,4)5/h6-11H,1-5H3. The number of alkyl halides is 1. The summed E-state index contributed by atoms with van der Waals surface area (Å²) in [6, 6.07) is 7.43. The van der Waals surface area contributed by atoms with Crippen LogP contribution in [0.1, 0.15) is 51.9 Å². The highest BCUT2D eigenvalue weighted by Crippen LogP contribution is 2.32. The lowest BCUT2D eigenvalue weighted by Gasteiger charge is -2.31. The van der Waals surface area contributed by atoms with Crippen LogP contribution in [0.5, 0.6) is 0 Å². The number of nitrogens with zero attached hydrogens (tertiary/aromatic N) is 2. The van der Waals surface area contributed by atoms with Gasteiger partial charge in [0.2, 0.25) is 0 Å². The first-order valence-electron chi connectivity index (χ1n) is 6.88. The van der Waals surface area contributed by atoms with Crippen molar-refractivity contribution in [1.82, 2.24) is 9.55 Å². The van der Waals surface area contributed by atoms with E-state index in [1.54, 1.807) is 4.57 Å². The first kappa shape index (κ1) is 15.0. The third-order valence-electron chi connectivity index (χ3n) is 3.83. The van der Waals surface area contributed by atoms with Crippen LogP contribution in [-0.2, 0) is 0 Å². The molecule has 108 valence electrons. The largest absolute Gasteiger partial charge is 0.292 e. The number of halogens is 1. The Labute approximate surface area is 124 Å². The van der Waals surface area contributed by atoms with Crippen LogP contribution < -0.4 is 5.56 Å². The number of hydrogen-bond acceptors (Lipinski definition) is 2. The van der Waals surface area contributed by atoms with Crippen LogP contribution in [0.25, 0.3) is 10.9 Å². The van der Waals surface area contributed by atoms with Gasteiger partial charge in [-0.05, 0) is 31.4 Å². The van der Waals surface area contributed by atoms with E-state index in [1.807, 2.05) is 38.1 Å². The summed E-state index contributed by atoms with van der Waals surface area (Å²) in [6.07, 6.45) is 0. The third-order valence-corrected chi connectivity index (χ3v) is 4.03. The lowest BCUT2D eigenvalue weighted by Crippen LogP contribution is -2.34. The van der Waals surface area contributed by atoms with Gasteiger partial charge in [0, 0.05) is 6.04 Å². The van der Waals surface area contributed by atoms with Crippen LogP contribution in [0.2, 0.25) is 0 Å². The molecule has 20 heavy (non-hydrogen) atoms. The fraction of sp³-hybridized carbons (Fsp3) is 0.500. The molecule has 0 saturated heterocycles. The Bertz CT molecular complexity index is 683. The van der Waals surface area contributed by atoms with Gasteiger partial charge in [-0.2, -0.15) is 0 Å². The molecule has 2 aromatic rings. The van der Waals surface area contributed by atoms with Gasteiger partial charge < -0.3 is 0 Å². The highest BCUT2D eigenvalue weighted by atomic mass is 35.5. The molecule has 0 bridgehead atoms. The Morgan fingerprint density at radius 2 is 1.80 bits per heavy atom. The molecule has 1 heterocycles. The molecule has 2 atom stereocenters. The number of benzene rings is 1. The molecule has 0 aliphatic rings. The monoisotopic (exact) mass is 292 g/mol. The smallest absolute Gasteiger partial charge is 0.261 e. The molecule has 0 saturated carbocycles. The maximum absolute atomic E-state index is 12.8. The first-order valence-corrected chi connectivity index (χ1v) is 7.32. The maximum Gasteiger partial charge on any atom is 0.261 e. The average Bonchev–Trinajstić information content (AvgIpc) is 2.36. The van der Waals surface area contributed by atoms with E-state index < -0.39 is 0 Å². The van der Waals surface area contributed by atoms with Gasteiger partial charge in [0.1, 0.15) is 5.82 Å². The first-order chi connectivity index (χ1) is 9.23. The summed E-state index contributed by atoms with van der Waals surface area (Å²) in [7, 11) is 0. The molecule has 1 aromatic carbocycles. The van der Waals surface area contributed by atoms with Gasteiger partial charge in [0.05, 0.1) is 16.3 Å². The Hall–Kier alpha value is -1.35. The van der Waals surface area contributed by atoms with E-state index in [0.29, 0.717) is 16.7 Å². The molecule has 0 N–H and O–H groups in total. The summed E-state index contributed by atoms with van der Waals surface area (Å²) in [5.74, 6) is 0.637. The van der Waals surface area contributed by atoms with Crippen LogP contribution >= 0.6 is 11.6 Å². The van der Waals surface area contributed by atoms with Crippen molar-refractivity contribution in [3.05, 3.63) is 40.4 Å². The molecular formula is C16H21ClN2O. The van der Waals surface area contributed by atoms with Crippen LogP contribution in [0.15, 0.2) is 29.1 Å². The molecule has 4 heteroatoms. The van der Waals surface area contributed by atoms with Crippen molar-refractivity contribution in [3.8, 4) is 0 Å². The molecule has 1 aromatic heterocycles. The second kappa shape index (κ2) is 5.21. The molecular weight excluding hydrogens is 272 g/mol. The number of hydrogen-bond donors (Lipinski definition) is 0. The normalized spacial score (nSPS) is 15.3. The fourth-order valence-electron chi connectivity index (χ4n) is 2.21. The van der Waals surface area contributed by atoms with Gasteiger partial charge in [0.25, 0.3) is 5.56 Å². The second-order valence-corrected chi connectivity index (χ2v) is 6.97. The molecule has 0 radical (unpaired) electrons. The zero-order valence-corrected chi connectivity index (χ0v) is 13.4. The van der Waals surface area contributed by atoms with Crippen molar-refractivity contribution in [2.45, 2.75) is 46.0 Å². The Morgan fingerprint density at radius 3 is 2.35 bits per heavy atom. The topological polar surface area (TPSA) is 34.9 Å². The van der Waals surface area contributed by atoms with Crippen LogP contribution in [-0.4, -0.2) is 9.55 Å². The highest BCUT2D eigenvalue weighted by Gasteiger charge is 2.27. The number of para-hydroxylation sites is 1. The third kappa shape index (κ3) is 2.59. The van der Waals surface area contributed by atoms with Gasteiger partial charge in [0.15, 0.2) is 0 Å². The van der Waals surface area contributed by atoms with Crippen LogP contribution in [0, 0.1) is 5.41 Å². The SMILES string of the molecule is CC(Cl)c1nc2ccccc2c(=O)n1C(C)C(C)(C)C. The Balaban J connectivity index is 2.84. The molecule has 0 amide bonds. The summed E-state index contributed by atoms with van der Waals surface area (Å²) >= 11 is 6.25. The summed E-state index contributed by atoms with van der Waals surface area (Å²) in [6.45, 7) is 10.2. The minimum absolute atomic E-state index is 0.0134. The minimum atomic E-state index is -0.308. The van der Waals surface area contributed by atoms with E-state index in [2.05, 4.69) is 25.8 Å². The van der Waals surface area contributed by atoms with Crippen molar-refractivity contribution in [1.29, 1.82) is 0 Å². The number of rotatable bonds is 2. The second-order valence-electron chi connectivity index (χ2n) is 6.32. The molecule has 0 aliphatic heterocycles. The minimum Gasteiger partial charge on any atom is -0.292 e. The van der Waals surface area contributed by atoms with Crippen molar-refractivity contribution in [2.75, 3.05) is 0 Å². The van der Waals surface area contributed by atoms with Gasteiger partial charge in [-0.1, -0.05) is 32.9 Å². The van der Waals surface area contributed by atoms with Gasteiger partial charge in [-0.3, -0.25) is 9.36 Å². The lowest BCUT2D eigenvalue weighted by atomic mass is 9.87. The average molecular weight is 293 g/mol. The molecule has 2 rings (SSSR count). The predicted molar refractivity (Wildman–Crippen MR) is 84.4 cm³/mol. The molecule has 0 aliphatic carbocycles. The van der Waals surface area contributed by atoms with Gasteiger partial charge in [-0.15, -0.1) is 11.6 Å². The van der Waals surface area contributed by atoms with Gasteiger partial charge >= 0.3 is 0 Å². The maximum atomic E-state index is 12.8. The van der Waals surface area contributed by atoms with E-state index >= 15 is 0 Å². The van der Waals surface area contributed by atoms with Gasteiger partial charge in [-0.25, -0.2) is 4.98 Å². The predicted octanol–water partition coefficient (Wildman–Crippen LogP) is 4.30. The number of aromatic nitrogens is 2. The summed E-state index contributed by atoms with van der Waals surface area (Å²) in [5.41, 5.74) is 0.645. The van der Waals surface area contributed by atoms with E-state index in [1.165, 1.54) is 0 Å². The fourth-order valence-corrected chi connectivity index (χ4v) is 2.36. The summed E-state index contributed by atoms with van der Waals surface area (Å²) < 4.78 is 1.75. The highest BCUT2D eigenvalue weighted by molar-refractivity contribution is 6.20. The van der Waals surface area contributed by atoms with Crippen molar-refractivity contribution in [3.63, 3.8) is 0 Å². The zero-order chi connectivity index (χ0) is 15.1. The number of fused-ring (bicyclic) bond motifs is 1. The van der Waals surface area contributed by atoms with E-state index in [0.717, 1.165) is 0 Å². The molecule has 0 fully saturated rings. The molecule has 3 nitrogen and oxygen atoms in total. The summed E-state index contributed by atoms with van der Waals surface area (Å²) in [5, 5.41) is 0.335. The quantitative estimate of drug-likeness (QED) is 0.773. The lowest BCUT2D eigenvalue weighted by molar-refractivity contribution is 0.250. The summed E-state index contributed by atoms with van der Waals surface area (Å²) in [4.78, 5) is 17.4. The van der Waals surface area contributed by atoms with E-state index in [9.17, 15) is 4.79 Å². The molecule has 2 unspecified atom stereocenters. The van der Waals surface area contributed by atoms with Crippen molar-refractivity contribution < 1.29 is 0 Å². The zero-order valence-electron chi connectivity index (χ0n) is 12.6. The Morgan fingerprint density at radius 1 is 1.20 bits per heavy atom.